The van der Waals surface area contributed by atoms with Gasteiger partial charge in [-0.2, -0.15) is 0 Å². The van der Waals surface area contributed by atoms with E-state index in [-0.39, 0.29) is 18.2 Å². The summed E-state index contributed by atoms with van der Waals surface area (Å²) in [5.41, 5.74) is 1.10. The van der Waals surface area contributed by atoms with E-state index in [4.69, 9.17) is 9.47 Å². The van der Waals surface area contributed by atoms with Crippen LogP contribution in [0.2, 0.25) is 0 Å². The third-order valence-corrected chi connectivity index (χ3v) is 3.25. The average molecular weight is 273 g/mol. The molecule has 1 fully saturated rings. The first kappa shape index (κ1) is 14.3. The fourth-order valence-electron chi connectivity index (χ4n) is 2.14. The van der Waals surface area contributed by atoms with E-state index < -0.39 is 0 Å². The molecule has 0 unspecified atom stereocenters. The molecule has 1 aliphatic rings. The zero-order chi connectivity index (χ0) is 14.4. The van der Waals surface area contributed by atoms with Gasteiger partial charge in [-0.15, -0.1) is 13.2 Å². The van der Waals surface area contributed by atoms with Crippen molar-refractivity contribution in [2.75, 3.05) is 13.2 Å². The fourth-order valence-corrected chi connectivity index (χ4v) is 2.14. The van der Waals surface area contributed by atoms with Crippen molar-refractivity contribution < 1.29 is 14.3 Å². The van der Waals surface area contributed by atoms with E-state index >= 15 is 0 Å². The highest BCUT2D eigenvalue weighted by Crippen LogP contribution is 2.18. The summed E-state index contributed by atoms with van der Waals surface area (Å²) < 4.78 is 10.7. The molecule has 0 saturated carbocycles. The molecule has 0 bridgehead atoms. The Balaban J connectivity index is 1.90. The maximum absolute atomic E-state index is 11.7. The maximum atomic E-state index is 11.7. The van der Waals surface area contributed by atoms with Gasteiger partial charge in [0.05, 0.1) is 25.3 Å². The van der Waals surface area contributed by atoms with E-state index in [1.807, 2.05) is 30.3 Å². The third kappa shape index (κ3) is 3.27. The molecule has 0 radical (unpaired) electrons. The monoisotopic (exact) mass is 273 g/mol. The fraction of sp³-hybridized carbons (Fsp3) is 0.312. The molecular formula is C16H19NO3. The Morgan fingerprint density at radius 2 is 2.15 bits per heavy atom. The second-order valence-electron chi connectivity index (χ2n) is 4.59. The van der Waals surface area contributed by atoms with Crippen LogP contribution in [0.25, 0.3) is 0 Å². The van der Waals surface area contributed by atoms with Crippen molar-refractivity contribution >= 4 is 6.09 Å². The Morgan fingerprint density at radius 3 is 2.80 bits per heavy atom. The first-order valence-electron chi connectivity index (χ1n) is 6.58. The van der Waals surface area contributed by atoms with Gasteiger partial charge >= 0.3 is 6.09 Å². The average Bonchev–Trinajstić information content (AvgIpc) is 2.86. The zero-order valence-electron chi connectivity index (χ0n) is 11.4. The van der Waals surface area contributed by atoms with Crippen LogP contribution in [0.3, 0.4) is 0 Å². The van der Waals surface area contributed by atoms with Crippen LogP contribution >= 0.6 is 0 Å². The predicted octanol–water partition coefficient (Wildman–Crippen LogP) is 2.76. The molecule has 1 aromatic rings. The van der Waals surface area contributed by atoms with Gasteiger partial charge in [-0.05, 0) is 5.56 Å². The zero-order valence-corrected chi connectivity index (χ0v) is 11.4. The van der Waals surface area contributed by atoms with Crippen LogP contribution in [0, 0.1) is 0 Å². The van der Waals surface area contributed by atoms with Gasteiger partial charge in [-0.3, -0.25) is 4.90 Å². The van der Waals surface area contributed by atoms with E-state index in [1.54, 1.807) is 17.1 Å². The van der Waals surface area contributed by atoms with Crippen LogP contribution in [0.1, 0.15) is 5.56 Å². The topological polar surface area (TPSA) is 38.8 Å². The quantitative estimate of drug-likeness (QED) is 0.717. The normalized spacial score (nSPS) is 19.5. The van der Waals surface area contributed by atoms with E-state index in [0.29, 0.717) is 19.8 Å². The summed E-state index contributed by atoms with van der Waals surface area (Å²) in [6.45, 7) is 8.73. The lowest BCUT2D eigenvalue weighted by molar-refractivity contribution is 0.0748. The van der Waals surface area contributed by atoms with Gasteiger partial charge in [0.1, 0.15) is 6.61 Å². The highest BCUT2D eigenvalue weighted by molar-refractivity contribution is 5.71. The lowest BCUT2D eigenvalue weighted by Gasteiger charge is -2.26. The summed E-state index contributed by atoms with van der Waals surface area (Å²) in [5, 5.41) is 0. The maximum Gasteiger partial charge on any atom is 0.411 e. The van der Waals surface area contributed by atoms with Gasteiger partial charge in [0.25, 0.3) is 0 Å². The van der Waals surface area contributed by atoms with Gasteiger partial charge in [-0.1, -0.05) is 42.5 Å². The van der Waals surface area contributed by atoms with Gasteiger partial charge in [0.15, 0.2) is 0 Å². The minimum atomic E-state index is -0.344. The van der Waals surface area contributed by atoms with Crippen LogP contribution in [0.4, 0.5) is 4.79 Å². The molecule has 0 aromatic heterocycles. The third-order valence-electron chi connectivity index (χ3n) is 3.25. The lowest BCUT2D eigenvalue weighted by Crippen LogP contribution is -2.42. The number of hydrogen-bond acceptors (Lipinski definition) is 3. The molecule has 2 rings (SSSR count). The minimum absolute atomic E-state index is 0.120. The van der Waals surface area contributed by atoms with Crippen molar-refractivity contribution in [2.45, 2.75) is 18.7 Å². The Morgan fingerprint density at radius 1 is 1.40 bits per heavy atom. The van der Waals surface area contributed by atoms with Gasteiger partial charge in [0, 0.05) is 0 Å². The number of ether oxygens (including phenoxy) is 2. The number of benzene rings is 1. The summed E-state index contributed by atoms with van der Waals surface area (Å²) in [4.78, 5) is 13.3. The minimum Gasteiger partial charge on any atom is -0.447 e. The summed E-state index contributed by atoms with van der Waals surface area (Å²) in [5.74, 6) is 0. The molecule has 0 aliphatic carbocycles. The summed E-state index contributed by atoms with van der Waals surface area (Å²) in [6, 6.07) is 9.57. The van der Waals surface area contributed by atoms with Crippen molar-refractivity contribution in [3.8, 4) is 0 Å². The van der Waals surface area contributed by atoms with Crippen molar-refractivity contribution in [3.05, 3.63) is 61.2 Å². The molecule has 0 N–H and O–H groups in total. The number of carbonyl (C=O) groups is 1. The molecule has 1 aliphatic heterocycles. The molecule has 2 atom stereocenters. The van der Waals surface area contributed by atoms with Crippen LogP contribution < -0.4 is 0 Å². The van der Waals surface area contributed by atoms with Crippen molar-refractivity contribution in [3.63, 3.8) is 0 Å². The standard InChI is InChI=1S/C16H19NO3/c1-3-14(17-15(4-2)12-20-16(17)18)11-19-10-13-8-6-5-7-9-13/h3-9,14-15H,1-2,10-12H2/t14-,15-/m0/s1. The first-order valence-corrected chi connectivity index (χ1v) is 6.58. The van der Waals surface area contributed by atoms with Crippen molar-refractivity contribution in [1.29, 1.82) is 0 Å². The Labute approximate surface area is 119 Å². The largest absolute Gasteiger partial charge is 0.447 e. The Kier molecular flexibility index (Phi) is 4.96. The molecular weight excluding hydrogens is 254 g/mol. The number of carbonyl (C=O) groups excluding carboxylic acids is 1. The van der Waals surface area contributed by atoms with Crippen molar-refractivity contribution in [2.24, 2.45) is 0 Å². The van der Waals surface area contributed by atoms with E-state index in [1.165, 1.54) is 0 Å². The van der Waals surface area contributed by atoms with Crippen LogP contribution in [-0.4, -0.2) is 36.3 Å². The SMILES string of the molecule is C=C[C@@H](COCc1ccccc1)N1C(=O)OC[C@@H]1C=C. The molecule has 106 valence electrons. The molecule has 4 nitrogen and oxygen atoms in total. The smallest absolute Gasteiger partial charge is 0.411 e. The van der Waals surface area contributed by atoms with E-state index in [2.05, 4.69) is 13.2 Å². The second-order valence-corrected chi connectivity index (χ2v) is 4.59. The van der Waals surface area contributed by atoms with Gasteiger partial charge < -0.3 is 9.47 Å². The van der Waals surface area contributed by atoms with Crippen LogP contribution in [0.15, 0.2) is 55.6 Å². The van der Waals surface area contributed by atoms with Crippen LogP contribution in [0.5, 0.6) is 0 Å². The number of rotatable bonds is 7. The Hall–Kier alpha value is -2.07. The Bertz CT molecular complexity index is 472. The molecule has 1 amide bonds. The number of amides is 1. The first-order chi connectivity index (χ1) is 9.76. The molecule has 20 heavy (non-hydrogen) atoms. The predicted molar refractivity (Wildman–Crippen MR) is 77.3 cm³/mol. The van der Waals surface area contributed by atoms with Crippen LogP contribution in [-0.2, 0) is 16.1 Å². The number of nitrogens with zero attached hydrogens (tertiary/aromatic N) is 1. The van der Waals surface area contributed by atoms with E-state index in [9.17, 15) is 4.79 Å². The molecule has 1 saturated heterocycles. The lowest BCUT2D eigenvalue weighted by atomic mass is 10.2. The molecule has 1 aromatic carbocycles. The summed E-state index contributed by atoms with van der Waals surface area (Å²) in [6.07, 6.45) is 3.07. The molecule has 4 heteroatoms. The van der Waals surface area contributed by atoms with Gasteiger partial charge in [0.2, 0.25) is 0 Å². The van der Waals surface area contributed by atoms with E-state index in [0.717, 1.165) is 5.56 Å². The summed E-state index contributed by atoms with van der Waals surface area (Å²) >= 11 is 0. The molecule has 1 heterocycles. The number of cyclic esters (lactones) is 1. The summed E-state index contributed by atoms with van der Waals surface area (Å²) in [7, 11) is 0. The number of hydrogen-bond donors (Lipinski definition) is 0. The van der Waals surface area contributed by atoms with Crippen molar-refractivity contribution in [1.82, 2.24) is 4.90 Å². The second kappa shape index (κ2) is 6.91. The highest BCUT2D eigenvalue weighted by Gasteiger charge is 2.35. The molecule has 0 spiro atoms. The highest BCUT2D eigenvalue weighted by atomic mass is 16.6. The van der Waals surface area contributed by atoms with Gasteiger partial charge in [-0.25, -0.2) is 4.79 Å².